The Balaban J connectivity index is 1.61. The molecular weight excluding hydrogens is 402 g/mol. The van der Waals surface area contributed by atoms with Gasteiger partial charge < -0.3 is 14.5 Å². The normalized spacial score (nSPS) is 10.7. The Kier molecular flexibility index (Phi) is 5.75. The van der Waals surface area contributed by atoms with Gasteiger partial charge in [0.1, 0.15) is 17.4 Å². The molecule has 31 heavy (non-hydrogen) atoms. The van der Waals surface area contributed by atoms with E-state index >= 15 is 0 Å². The fourth-order valence-corrected chi connectivity index (χ4v) is 3.06. The molecule has 0 aliphatic heterocycles. The molecule has 0 saturated carbocycles. The van der Waals surface area contributed by atoms with Gasteiger partial charge in [-0.2, -0.15) is 0 Å². The van der Waals surface area contributed by atoms with E-state index in [4.69, 9.17) is 9.15 Å². The van der Waals surface area contributed by atoms with Crippen LogP contribution in [-0.2, 0) is 0 Å². The van der Waals surface area contributed by atoms with Crippen LogP contribution in [0.25, 0.3) is 22.8 Å². The van der Waals surface area contributed by atoms with Gasteiger partial charge in [-0.1, -0.05) is 12.1 Å². The van der Waals surface area contributed by atoms with Crippen molar-refractivity contribution in [2.24, 2.45) is 0 Å². The summed E-state index contributed by atoms with van der Waals surface area (Å²) in [6, 6.07) is 17.0. The lowest BCUT2D eigenvalue weighted by atomic mass is 10.1. The molecule has 1 N–H and O–H groups in total. The van der Waals surface area contributed by atoms with E-state index in [0.717, 1.165) is 17.4 Å². The van der Waals surface area contributed by atoms with E-state index in [2.05, 4.69) is 10.3 Å². The molecule has 0 spiro atoms. The summed E-state index contributed by atoms with van der Waals surface area (Å²) in [7, 11) is 0. The van der Waals surface area contributed by atoms with Crippen LogP contribution in [0.2, 0.25) is 0 Å². The Morgan fingerprint density at radius 2 is 1.84 bits per heavy atom. The average molecular weight is 420 g/mol. The maximum Gasteiger partial charge on any atom is 0.256 e. The standard InChI is InChI=1S/C24H18F2N2O3/c1-2-30-17-10-7-15(8-11-17)22-14-27-24(31-22)19-6-4-3-5-18(19)23(29)28-21-12-9-16(25)13-20(21)26/h3-14H,2H2,1H3,(H,28,29). The first-order chi connectivity index (χ1) is 15.0. The molecular formula is C24H18F2N2O3. The predicted molar refractivity (Wildman–Crippen MR) is 113 cm³/mol. The van der Waals surface area contributed by atoms with E-state index in [-0.39, 0.29) is 17.1 Å². The molecule has 0 bridgehead atoms. The molecule has 1 heterocycles. The van der Waals surface area contributed by atoms with Gasteiger partial charge in [0.2, 0.25) is 5.89 Å². The summed E-state index contributed by atoms with van der Waals surface area (Å²) in [6.07, 6.45) is 1.57. The molecule has 1 aromatic heterocycles. The van der Waals surface area contributed by atoms with E-state index in [9.17, 15) is 13.6 Å². The van der Waals surface area contributed by atoms with Gasteiger partial charge in [0.25, 0.3) is 5.91 Å². The summed E-state index contributed by atoms with van der Waals surface area (Å²) in [5, 5.41) is 2.46. The van der Waals surface area contributed by atoms with Crippen LogP contribution in [0.15, 0.2) is 77.3 Å². The molecule has 0 radical (unpaired) electrons. The van der Waals surface area contributed by atoms with Gasteiger partial charge in [0.05, 0.1) is 24.1 Å². The van der Waals surface area contributed by atoms with Crippen molar-refractivity contribution in [1.82, 2.24) is 4.98 Å². The highest BCUT2D eigenvalue weighted by Gasteiger charge is 2.18. The van der Waals surface area contributed by atoms with Crippen molar-refractivity contribution in [3.63, 3.8) is 0 Å². The van der Waals surface area contributed by atoms with Gasteiger partial charge in [0.15, 0.2) is 5.76 Å². The van der Waals surface area contributed by atoms with Crippen LogP contribution in [0.1, 0.15) is 17.3 Å². The Bertz CT molecular complexity index is 1220. The SMILES string of the molecule is CCOc1ccc(-c2cnc(-c3ccccc3C(=O)Nc3ccc(F)cc3F)o2)cc1. The lowest BCUT2D eigenvalue weighted by molar-refractivity contribution is 0.102. The molecule has 0 saturated heterocycles. The number of halogens is 2. The number of hydrogen-bond donors (Lipinski definition) is 1. The van der Waals surface area contributed by atoms with E-state index in [1.165, 1.54) is 6.07 Å². The fourth-order valence-electron chi connectivity index (χ4n) is 3.06. The number of ether oxygens (including phenoxy) is 1. The van der Waals surface area contributed by atoms with Crippen LogP contribution < -0.4 is 10.1 Å². The topological polar surface area (TPSA) is 64.4 Å². The maximum absolute atomic E-state index is 13.9. The largest absolute Gasteiger partial charge is 0.494 e. The van der Waals surface area contributed by atoms with Crippen LogP contribution in [0.5, 0.6) is 5.75 Å². The summed E-state index contributed by atoms with van der Waals surface area (Å²) >= 11 is 0. The Hall–Kier alpha value is -4.00. The number of carbonyl (C=O) groups excluding carboxylic acids is 1. The number of aromatic nitrogens is 1. The summed E-state index contributed by atoms with van der Waals surface area (Å²) < 4.78 is 38.4. The predicted octanol–water partition coefficient (Wildman–Crippen LogP) is 5.94. The number of nitrogens with zero attached hydrogens (tertiary/aromatic N) is 1. The van der Waals surface area contributed by atoms with Crippen molar-refractivity contribution in [2.75, 3.05) is 11.9 Å². The zero-order valence-corrected chi connectivity index (χ0v) is 16.6. The molecule has 0 unspecified atom stereocenters. The Morgan fingerprint density at radius 1 is 1.06 bits per heavy atom. The minimum atomic E-state index is -0.861. The van der Waals surface area contributed by atoms with Gasteiger partial charge >= 0.3 is 0 Å². The van der Waals surface area contributed by atoms with Gasteiger partial charge in [-0.05, 0) is 55.5 Å². The first kappa shape index (κ1) is 20.3. The first-order valence-corrected chi connectivity index (χ1v) is 9.60. The van der Waals surface area contributed by atoms with Crippen LogP contribution in [-0.4, -0.2) is 17.5 Å². The van der Waals surface area contributed by atoms with Crippen molar-refractivity contribution in [3.8, 4) is 28.5 Å². The van der Waals surface area contributed by atoms with Crippen molar-refractivity contribution in [1.29, 1.82) is 0 Å². The molecule has 0 aliphatic rings. The Morgan fingerprint density at radius 3 is 2.58 bits per heavy atom. The highest BCUT2D eigenvalue weighted by Crippen LogP contribution is 2.30. The number of oxazole rings is 1. The summed E-state index contributed by atoms with van der Waals surface area (Å²) in [4.78, 5) is 17.1. The highest BCUT2D eigenvalue weighted by molar-refractivity contribution is 6.08. The van der Waals surface area contributed by atoms with Crippen molar-refractivity contribution >= 4 is 11.6 Å². The molecule has 1 amide bonds. The number of nitrogens with one attached hydrogen (secondary N) is 1. The molecule has 0 atom stereocenters. The van der Waals surface area contributed by atoms with Gasteiger partial charge in [0, 0.05) is 17.2 Å². The minimum Gasteiger partial charge on any atom is -0.494 e. The van der Waals surface area contributed by atoms with Gasteiger partial charge in [-0.15, -0.1) is 0 Å². The molecule has 4 rings (SSSR count). The van der Waals surface area contributed by atoms with E-state index in [1.807, 2.05) is 31.2 Å². The highest BCUT2D eigenvalue weighted by atomic mass is 19.1. The third kappa shape index (κ3) is 4.45. The number of carbonyl (C=O) groups is 1. The summed E-state index contributed by atoms with van der Waals surface area (Å²) in [5.41, 5.74) is 1.37. The van der Waals surface area contributed by atoms with E-state index in [1.54, 1.807) is 30.5 Å². The quantitative estimate of drug-likeness (QED) is 0.419. The minimum absolute atomic E-state index is 0.122. The van der Waals surface area contributed by atoms with Crippen molar-refractivity contribution in [3.05, 3.63) is 90.1 Å². The zero-order valence-electron chi connectivity index (χ0n) is 16.6. The molecule has 156 valence electrons. The van der Waals surface area contributed by atoms with Gasteiger partial charge in [-0.3, -0.25) is 4.79 Å². The molecule has 3 aromatic carbocycles. The monoisotopic (exact) mass is 420 g/mol. The number of rotatable bonds is 6. The molecule has 4 aromatic rings. The summed E-state index contributed by atoms with van der Waals surface area (Å²) in [6.45, 7) is 2.49. The summed E-state index contributed by atoms with van der Waals surface area (Å²) in [5.74, 6) is -0.632. The van der Waals surface area contributed by atoms with E-state index in [0.29, 0.717) is 24.0 Å². The zero-order chi connectivity index (χ0) is 21.8. The first-order valence-electron chi connectivity index (χ1n) is 9.60. The number of hydrogen-bond acceptors (Lipinski definition) is 4. The van der Waals surface area contributed by atoms with Crippen LogP contribution in [0.3, 0.4) is 0 Å². The lowest BCUT2D eigenvalue weighted by Crippen LogP contribution is -2.14. The van der Waals surface area contributed by atoms with Crippen LogP contribution >= 0.6 is 0 Å². The lowest BCUT2D eigenvalue weighted by Gasteiger charge is -2.09. The number of benzene rings is 3. The molecule has 0 fully saturated rings. The second-order valence-electron chi connectivity index (χ2n) is 6.61. The maximum atomic E-state index is 13.9. The third-order valence-electron chi connectivity index (χ3n) is 4.54. The van der Waals surface area contributed by atoms with Crippen molar-refractivity contribution in [2.45, 2.75) is 6.92 Å². The smallest absolute Gasteiger partial charge is 0.256 e. The molecule has 7 heteroatoms. The van der Waals surface area contributed by atoms with Crippen LogP contribution in [0.4, 0.5) is 14.5 Å². The second kappa shape index (κ2) is 8.79. The molecule has 0 aliphatic carbocycles. The number of amides is 1. The average Bonchev–Trinajstić information content (AvgIpc) is 3.26. The van der Waals surface area contributed by atoms with Crippen molar-refractivity contribution < 1.29 is 22.7 Å². The van der Waals surface area contributed by atoms with Gasteiger partial charge in [-0.25, -0.2) is 13.8 Å². The third-order valence-corrected chi connectivity index (χ3v) is 4.54. The fraction of sp³-hybridized carbons (Fsp3) is 0.0833. The molecule has 5 nitrogen and oxygen atoms in total. The number of anilines is 1. The Labute approximate surface area is 177 Å². The second-order valence-corrected chi connectivity index (χ2v) is 6.61. The van der Waals surface area contributed by atoms with Crippen LogP contribution in [0, 0.1) is 11.6 Å². The van der Waals surface area contributed by atoms with E-state index < -0.39 is 17.5 Å².